The predicted octanol–water partition coefficient (Wildman–Crippen LogP) is 5.77. The van der Waals surface area contributed by atoms with Gasteiger partial charge in [0, 0.05) is 113 Å². The number of benzene rings is 3. The Bertz CT molecular complexity index is 2130. The molecule has 5 aliphatic rings. The number of aldehydes is 3. The maximum atomic E-state index is 13.0. The van der Waals surface area contributed by atoms with Gasteiger partial charge in [0.15, 0.2) is 0 Å². The third-order valence-electron chi connectivity index (χ3n) is 13.7. The van der Waals surface area contributed by atoms with E-state index in [1.54, 1.807) is 16.8 Å². The highest BCUT2D eigenvalue weighted by atomic mass is 32.1. The van der Waals surface area contributed by atoms with E-state index in [0.29, 0.717) is 43.1 Å². The smallest absolute Gasteiger partial charge is 0.255 e. The van der Waals surface area contributed by atoms with E-state index in [1.807, 2.05) is 95.7 Å². The molecule has 0 saturated carbocycles. The SMILES string of the molecule is CC.CCCN(C)c1ccc2c(c1)CN(C(C=O)CCC=O)C2=O.CNC.CNC(=O)C(CCC=O)N1Cc2cc(N3CCN(CC4CCN(C)CC4)CC3)ccc2C1=O.NC1CCNCC1.Sc1ccccc1. The number of thiol groups is 1. The normalized spacial score (nSPS) is 17.4. The summed E-state index contributed by atoms with van der Waals surface area (Å²) in [5, 5.41) is 8.62. The van der Waals surface area contributed by atoms with Crippen LogP contribution in [0.4, 0.5) is 11.4 Å². The summed E-state index contributed by atoms with van der Waals surface area (Å²) in [6, 6.07) is 21.0. The molecule has 3 aromatic carbocycles. The summed E-state index contributed by atoms with van der Waals surface area (Å²) in [5.74, 6) is 0.345. The van der Waals surface area contributed by atoms with Gasteiger partial charge in [-0.25, -0.2) is 0 Å². The summed E-state index contributed by atoms with van der Waals surface area (Å²) in [6.07, 6.45) is 9.57. The minimum absolute atomic E-state index is 0.123. The van der Waals surface area contributed by atoms with Crippen LogP contribution in [0.1, 0.15) is 110 Å². The number of nitrogens with zero attached hydrogens (tertiary/aromatic N) is 6. The Hall–Kier alpha value is -5.17. The highest BCUT2D eigenvalue weighted by Crippen LogP contribution is 2.32. The molecule has 16 nitrogen and oxygen atoms in total. The van der Waals surface area contributed by atoms with E-state index >= 15 is 0 Å². The van der Waals surface area contributed by atoms with Crippen LogP contribution in [0.2, 0.25) is 0 Å². The summed E-state index contributed by atoms with van der Waals surface area (Å²) >= 11 is 4.08. The van der Waals surface area contributed by atoms with Crippen molar-refractivity contribution in [1.29, 1.82) is 0 Å². The molecule has 410 valence electrons. The first kappa shape index (κ1) is 63.1. The van der Waals surface area contributed by atoms with E-state index in [2.05, 4.69) is 68.2 Å². The van der Waals surface area contributed by atoms with Crippen molar-refractivity contribution in [3.8, 4) is 0 Å². The van der Waals surface area contributed by atoms with Crippen LogP contribution in [0.25, 0.3) is 0 Å². The number of carbonyl (C=O) groups is 6. The van der Waals surface area contributed by atoms with Gasteiger partial charge in [-0.3, -0.25) is 19.3 Å². The van der Waals surface area contributed by atoms with E-state index in [-0.39, 0.29) is 30.6 Å². The van der Waals surface area contributed by atoms with Crippen molar-refractivity contribution >= 4 is 60.6 Å². The monoisotopic (exact) mass is 1040 g/mol. The summed E-state index contributed by atoms with van der Waals surface area (Å²) in [5.41, 5.74) is 11.1. The Kier molecular flexibility index (Phi) is 30.0. The molecule has 3 fully saturated rings. The second-order valence-electron chi connectivity index (χ2n) is 19.2. The Morgan fingerprint density at radius 1 is 0.797 bits per heavy atom. The largest absolute Gasteiger partial charge is 0.375 e. The number of hydrogen-bond acceptors (Lipinski definition) is 14. The van der Waals surface area contributed by atoms with Gasteiger partial charge in [-0.1, -0.05) is 39.0 Å². The van der Waals surface area contributed by atoms with Crippen LogP contribution in [-0.4, -0.2) is 175 Å². The maximum Gasteiger partial charge on any atom is 0.255 e. The Labute approximate surface area is 448 Å². The zero-order valence-corrected chi connectivity index (χ0v) is 46.8. The van der Waals surface area contributed by atoms with Crippen LogP contribution in [-0.2, 0) is 32.3 Å². The van der Waals surface area contributed by atoms with Crippen LogP contribution in [0.15, 0.2) is 71.6 Å². The van der Waals surface area contributed by atoms with Crippen LogP contribution in [0.5, 0.6) is 0 Å². The molecule has 3 saturated heterocycles. The lowest BCUT2D eigenvalue weighted by Crippen LogP contribution is -2.48. The van der Waals surface area contributed by atoms with Crippen molar-refractivity contribution in [3.05, 3.63) is 89.0 Å². The number of piperazine rings is 1. The lowest BCUT2D eigenvalue weighted by Gasteiger charge is -2.39. The van der Waals surface area contributed by atoms with Gasteiger partial charge in [0.25, 0.3) is 11.8 Å². The summed E-state index contributed by atoms with van der Waals surface area (Å²) in [7, 11) is 9.55. The minimum atomic E-state index is -0.619. The van der Waals surface area contributed by atoms with E-state index in [4.69, 9.17) is 5.73 Å². The molecular weight excluding hydrogens is 953 g/mol. The molecule has 0 spiro atoms. The summed E-state index contributed by atoms with van der Waals surface area (Å²) < 4.78 is 0. The summed E-state index contributed by atoms with van der Waals surface area (Å²) in [6.45, 7) is 17.9. The number of carbonyl (C=O) groups excluding carboxylic acids is 6. The molecule has 5 N–H and O–H groups in total. The highest BCUT2D eigenvalue weighted by molar-refractivity contribution is 7.80. The van der Waals surface area contributed by atoms with Gasteiger partial charge in [-0.2, -0.15) is 0 Å². The first-order valence-electron chi connectivity index (χ1n) is 26.9. The zero-order chi connectivity index (χ0) is 54.4. The van der Waals surface area contributed by atoms with E-state index < -0.39 is 12.1 Å². The molecule has 2 atom stereocenters. The number of likely N-dealkylation sites (tertiary alicyclic amines) is 1. The van der Waals surface area contributed by atoms with Gasteiger partial charge >= 0.3 is 0 Å². The zero-order valence-electron chi connectivity index (χ0n) is 45.9. The fourth-order valence-electron chi connectivity index (χ4n) is 9.51. The van der Waals surface area contributed by atoms with Crippen molar-refractivity contribution in [2.24, 2.45) is 11.7 Å². The van der Waals surface area contributed by atoms with Gasteiger partial charge in [-0.05, 0) is 158 Å². The maximum absolute atomic E-state index is 13.0. The van der Waals surface area contributed by atoms with Crippen LogP contribution >= 0.6 is 12.6 Å². The molecular formula is C57H90N10O6S. The molecule has 3 aromatic rings. The molecule has 17 heteroatoms. The van der Waals surface area contributed by atoms with Crippen LogP contribution < -0.4 is 31.5 Å². The van der Waals surface area contributed by atoms with Gasteiger partial charge in [0.05, 0.1) is 6.04 Å². The van der Waals surface area contributed by atoms with Crippen molar-refractivity contribution < 1.29 is 28.8 Å². The number of nitrogens with one attached hydrogen (secondary N) is 3. The number of amides is 3. The van der Waals surface area contributed by atoms with Crippen LogP contribution in [0.3, 0.4) is 0 Å². The third kappa shape index (κ3) is 20.2. The van der Waals surface area contributed by atoms with Crippen molar-refractivity contribution in [1.82, 2.24) is 35.6 Å². The number of anilines is 2. The predicted molar refractivity (Wildman–Crippen MR) is 303 cm³/mol. The fraction of sp³-hybridized carbons (Fsp3) is 0.579. The van der Waals surface area contributed by atoms with Crippen molar-refractivity contribution in [2.45, 2.75) is 115 Å². The number of likely N-dealkylation sites (N-methyl/N-ethyl adjacent to an activating group) is 1. The van der Waals surface area contributed by atoms with Crippen molar-refractivity contribution in [3.63, 3.8) is 0 Å². The second kappa shape index (κ2) is 35.2. The van der Waals surface area contributed by atoms with Crippen molar-refractivity contribution in [2.75, 3.05) is 110 Å². The highest BCUT2D eigenvalue weighted by Gasteiger charge is 2.37. The molecule has 8 rings (SSSR count). The van der Waals surface area contributed by atoms with Crippen LogP contribution in [0, 0.1) is 5.92 Å². The number of piperidine rings is 2. The second-order valence-corrected chi connectivity index (χ2v) is 19.8. The summed E-state index contributed by atoms with van der Waals surface area (Å²) in [4.78, 5) is 84.2. The number of nitrogens with two attached hydrogens (primary N) is 1. The Balaban J connectivity index is 0.000000299. The Morgan fingerprint density at radius 3 is 1.89 bits per heavy atom. The average Bonchev–Trinajstić information content (AvgIpc) is 3.93. The molecule has 5 heterocycles. The number of fused-ring (bicyclic) bond motifs is 2. The topological polar surface area (TPSA) is 184 Å². The molecule has 0 radical (unpaired) electrons. The van der Waals surface area contributed by atoms with Gasteiger partial charge in [0.1, 0.15) is 24.9 Å². The molecule has 3 amide bonds. The van der Waals surface area contributed by atoms with Gasteiger partial charge < -0.3 is 60.6 Å². The lowest BCUT2D eigenvalue weighted by atomic mass is 9.96. The third-order valence-corrected chi connectivity index (χ3v) is 14.0. The fourth-order valence-corrected chi connectivity index (χ4v) is 9.68. The molecule has 0 aliphatic carbocycles. The standard InChI is InChI=1S/C25H37N5O3.C17H22N2O3.C6H6S.C5H12N2.C2H7N.C2H6/c1-26-24(32)23(4-3-15-31)30-18-20-16-21(5-6-22(20)25(30)33)29-13-11-28(12-14-29)17-19-7-9-27(2)10-8-19;1-3-8-18(2)14-6-7-16-13(10-14)11-19(17(16)22)15(12-21)5-4-9-20;7-6-4-2-1-3-5-6;6-5-1-3-7-4-2-5;1-3-2;1-2/h5-6,15-16,19,23H,3-4,7-14,17-18H2,1-2H3,(H,26,32);6-7,9-10,12,15H,3-5,8,11H2,1-2H3;1-5,7H;5,7H,1-4,6H2;3H,1-2H3;1-2H3. The first-order chi connectivity index (χ1) is 35.8. The average molecular weight is 1040 g/mol. The van der Waals surface area contributed by atoms with Gasteiger partial charge in [0.2, 0.25) is 5.91 Å². The van der Waals surface area contributed by atoms with E-state index in [9.17, 15) is 28.8 Å². The quantitative estimate of drug-likeness (QED) is 0.0863. The number of hydrogen-bond donors (Lipinski definition) is 5. The molecule has 5 aliphatic heterocycles. The minimum Gasteiger partial charge on any atom is -0.375 e. The molecule has 0 bridgehead atoms. The molecule has 74 heavy (non-hydrogen) atoms. The molecule has 0 aromatic heterocycles. The first-order valence-corrected chi connectivity index (χ1v) is 27.3. The van der Waals surface area contributed by atoms with E-state index in [1.165, 1.54) is 32.5 Å². The lowest BCUT2D eigenvalue weighted by molar-refractivity contribution is -0.125. The van der Waals surface area contributed by atoms with E-state index in [0.717, 1.165) is 117 Å². The van der Waals surface area contributed by atoms with Gasteiger partial charge in [-0.15, -0.1) is 12.6 Å². The number of rotatable bonds is 16. The molecule has 2 unspecified atom stereocenters. The Morgan fingerprint density at radius 2 is 1.36 bits per heavy atom.